The molecule has 90 valence electrons. The minimum Gasteiger partial charge on any atom is -0.390 e. The third-order valence-corrected chi connectivity index (χ3v) is 2.35. The van der Waals surface area contributed by atoms with Gasteiger partial charge in [-0.15, -0.1) is 0 Å². The van der Waals surface area contributed by atoms with Crippen LogP contribution < -0.4 is 15.6 Å². The van der Waals surface area contributed by atoms with Crippen molar-refractivity contribution in [1.29, 1.82) is 0 Å². The summed E-state index contributed by atoms with van der Waals surface area (Å²) in [5.74, 6) is -1.92. The Labute approximate surface area is 96.8 Å². The van der Waals surface area contributed by atoms with Crippen molar-refractivity contribution in [3.05, 3.63) is 24.5 Å². The number of aliphatic hydroxyl groups excluding tert-OH is 1. The van der Waals surface area contributed by atoms with Crippen LogP contribution in [-0.2, 0) is 9.59 Å². The number of rotatable bonds is 3. The summed E-state index contributed by atoms with van der Waals surface area (Å²) < 4.78 is 0. The summed E-state index contributed by atoms with van der Waals surface area (Å²) in [5, 5.41) is 11.8. The Morgan fingerprint density at radius 2 is 2.24 bits per heavy atom. The molecule has 2 amide bonds. The zero-order valence-corrected chi connectivity index (χ0v) is 8.79. The maximum atomic E-state index is 11.6. The normalized spacial score (nSPS) is 23.0. The fourth-order valence-electron chi connectivity index (χ4n) is 1.48. The van der Waals surface area contributed by atoms with Gasteiger partial charge in [0.25, 0.3) is 5.91 Å². The van der Waals surface area contributed by atoms with Crippen LogP contribution in [0.5, 0.6) is 5.75 Å². The minimum absolute atomic E-state index is 0.0756. The van der Waals surface area contributed by atoms with E-state index >= 15 is 0 Å². The molecule has 17 heavy (non-hydrogen) atoms. The number of hydrogen-bond acceptors (Lipinski definition) is 5. The zero-order valence-electron chi connectivity index (χ0n) is 8.79. The molecular weight excluding hydrogens is 226 g/mol. The lowest BCUT2D eigenvalue weighted by Gasteiger charge is -2.12. The van der Waals surface area contributed by atoms with Crippen LogP contribution in [0.3, 0.4) is 0 Å². The van der Waals surface area contributed by atoms with Gasteiger partial charge in [0.15, 0.2) is 5.75 Å². The first kappa shape index (κ1) is 11.3. The highest BCUT2D eigenvalue weighted by atomic mass is 16.7. The number of aromatic nitrogens is 1. The van der Waals surface area contributed by atoms with Gasteiger partial charge in [0, 0.05) is 31.1 Å². The van der Waals surface area contributed by atoms with E-state index in [0.717, 1.165) is 0 Å². The molecule has 1 saturated heterocycles. The first-order valence-corrected chi connectivity index (χ1v) is 5.01. The SMILES string of the molecule is O=C1NCC(O)C1C(=O)NOc1ccncc1. The molecule has 2 unspecified atom stereocenters. The molecule has 1 aromatic heterocycles. The van der Waals surface area contributed by atoms with E-state index in [1.54, 1.807) is 12.1 Å². The number of β-amino-alcohol motifs (C(OH)–C–C–N with tert-alkyl or cyclic N) is 1. The topological polar surface area (TPSA) is 101 Å². The number of hydroxylamine groups is 1. The molecule has 2 heterocycles. The maximum absolute atomic E-state index is 11.6. The van der Waals surface area contributed by atoms with Crippen LogP contribution in [0.4, 0.5) is 0 Å². The van der Waals surface area contributed by atoms with Crippen LogP contribution in [0.1, 0.15) is 0 Å². The Morgan fingerprint density at radius 1 is 1.53 bits per heavy atom. The van der Waals surface area contributed by atoms with Gasteiger partial charge >= 0.3 is 0 Å². The monoisotopic (exact) mass is 237 g/mol. The fraction of sp³-hybridized carbons (Fsp3) is 0.300. The van der Waals surface area contributed by atoms with Crippen molar-refractivity contribution in [3.63, 3.8) is 0 Å². The molecule has 3 N–H and O–H groups in total. The van der Waals surface area contributed by atoms with Crippen molar-refractivity contribution in [1.82, 2.24) is 15.8 Å². The second-order valence-corrected chi connectivity index (χ2v) is 3.54. The van der Waals surface area contributed by atoms with E-state index in [-0.39, 0.29) is 6.54 Å². The molecule has 1 fully saturated rings. The third kappa shape index (κ3) is 2.51. The van der Waals surface area contributed by atoms with E-state index in [9.17, 15) is 14.7 Å². The van der Waals surface area contributed by atoms with E-state index in [2.05, 4.69) is 15.8 Å². The maximum Gasteiger partial charge on any atom is 0.267 e. The van der Waals surface area contributed by atoms with Crippen molar-refractivity contribution < 1.29 is 19.5 Å². The second kappa shape index (κ2) is 4.79. The van der Waals surface area contributed by atoms with E-state index in [0.29, 0.717) is 5.75 Å². The standard InChI is InChI=1S/C10H11N3O4/c14-7-5-12-9(15)8(7)10(16)13-17-6-1-3-11-4-2-6/h1-4,7-8,14H,5H2,(H,12,15)(H,13,16). The van der Waals surface area contributed by atoms with E-state index in [1.165, 1.54) is 12.4 Å². The number of nitrogens with zero attached hydrogens (tertiary/aromatic N) is 1. The number of amides is 2. The lowest BCUT2D eigenvalue weighted by atomic mass is 10.1. The van der Waals surface area contributed by atoms with Crippen LogP contribution in [0.25, 0.3) is 0 Å². The molecule has 0 aliphatic carbocycles. The van der Waals surface area contributed by atoms with Crippen molar-refractivity contribution in [3.8, 4) is 5.75 Å². The lowest BCUT2D eigenvalue weighted by molar-refractivity contribution is -0.140. The third-order valence-electron chi connectivity index (χ3n) is 2.35. The zero-order chi connectivity index (χ0) is 12.3. The van der Waals surface area contributed by atoms with Gasteiger partial charge in [-0.3, -0.25) is 14.6 Å². The predicted octanol–water partition coefficient (Wildman–Crippen LogP) is -1.40. The summed E-state index contributed by atoms with van der Waals surface area (Å²) in [7, 11) is 0. The molecule has 0 bridgehead atoms. The highest BCUT2D eigenvalue weighted by Crippen LogP contribution is 2.11. The molecule has 7 nitrogen and oxygen atoms in total. The highest BCUT2D eigenvalue weighted by Gasteiger charge is 2.39. The largest absolute Gasteiger partial charge is 0.390 e. The summed E-state index contributed by atoms with van der Waals surface area (Å²) in [6.07, 6.45) is 1.97. The van der Waals surface area contributed by atoms with Crippen LogP contribution in [-0.4, -0.2) is 34.6 Å². The van der Waals surface area contributed by atoms with Gasteiger partial charge in [-0.05, 0) is 0 Å². The first-order chi connectivity index (χ1) is 8.18. The van der Waals surface area contributed by atoms with Crippen LogP contribution in [0.2, 0.25) is 0 Å². The van der Waals surface area contributed by atoms with E-state index in [4.69, 9.17) is 4.84 Å². The molecule has 1 aliphatic rings. The number of carbonyl (C=O) groups is 2. The Morgan fingerprint density at radius 3 is 2.82 bits per heavy atom. The van der Waals surface area contributed by atoms with Crippen LogP contribution >= 0.6 is 0 Å². The van der Waals surface area contributed by atoms with E-state index < -0.39 is 23.8 Å². The molecular formula is C10H11N3O4. The number of nitrogens with one attached hydrogen (secondary N) is 2. The summed E-state index contributed by atoms with van der Waals surface area (Å²) in [5.41, 5.74) is 2.11. The summed E-state index contributed by atoms with van der Waals surface area (Å²) in [4.78, 5) is 31.5. The average molecular weight is 237 g/mol. The summed E-state index contributed by atoms with van der Waals surface area (Å²) in [6.45, 7) is 0.0756. The average Bonchev–Trinajstić information content (AvgIpc) is 2.67. The molecule has 2 rings (SSSR count). The Kier molecular flexibility index (Phi) is 3.20. The lowest BCUT2D eigenvalue weighted by Crippen LogP contribution is -2.40. The smallest absolute Gasteiger partial charge is 0.267 e. The molecule has 2 atom stereocenters. The highest BCUT2D eigenvalue weighted by molar-refractivity contribution is 6.02. The van der Waals surface area contributed by atoms with Gasteiger partial charge in [-0.1, -0.05) is 0 Å². The van der Waals surface area contributed by atoms with E-state index in [1.807, 2.05) is 0 Å². The van der Waals surface area contributed by atoms with Crippen molar-refractivity contribution >= 4 is 11.8 Å². The second-order valence-electron chi connectivity index (χ2n) is 3.54. The van der Waals surface area contributed by atoms with Gasteiger partial charge in [0.1, 0.15) is 5.92 Å². The number of hydrogen-bond donors (Lipinski definition) is 3. The molecule has 1 aromatic rings. The summed E-state index contributed by atoms with van der Waals surface area (Å²) in [6, 6.07) is 3.09. The molecule has 0 saturated carbocycles. The van der Waals surface area contributed by atoms with Crippen molar-refractivity contribution in [2.45, 2.75) is 6.10 Å². The van der Waals surface area contributed by atoms with Gasteiger partial charge in [0.2, 0.25) is 5.91 Å². The fourth-order valence-corrected chi connectivity index (χ4v) is 1.48. The van der Waals surface area contributed by atoms with Crippen LogP contribution in [0.15, 0.2) is 24.5 Å². The number of aliphatic hydroxyl groups is 1. The first-order valence-electron chi connectivity index (χ1n) is 5.01. The van der Waals surface area contributed by atoms with Crippen LogP contribution in [0, 0.1) is 5.92 Å². The Hall–Kier alpha value is -2.15. The van der Waals surface area contributed by atoms with Gasteiger partial charge < -0.3 is 15.3 Å². The number of carbonyl (C=O) groups excluding carboxylic acids is 2. The Bertz CT molecular complexity index is 423. The number of pyridine rings is 1. The van der Waals surface area contributed by atoms with Gasteiger partial charge in [-0.25, -0.2) is 0 Å². The van der Waals surface area contributed by atoms with Crippen molar-refractivity contribution in [2.24, 2.45) is 5.92 Å². The minimum atomic E-state index is -1.13. The molecule has 0 spiro atoms. The van der Waals surface area contributed by atoms with Gasteiger partial charge in [0.05, 0.1) is 6.10 Å². The molecule has 7 heteroatoms. The van der Waals surface area contributed by atoms with Gasteiger partial charge in [-0.2, -0.15) is 5.48 Å². The predicted molar refractivity (Wildman–Crippen MR) is 55.5 cm³/mol. The Balaban J connectivity index is 1.91. The molecule has 0 aromatic carbocycles. The van der Waals surface area contributed by atoms with Crippen molar-refractivity contribution in [2.75, 3.05) is 6.54 Å². The quantitative estimate of drug-likeness (QED) is 0.443. The molecule has 1 aliphatic heterocycles. The molecule has 0 radical (unpaired) electrons. The summed E-state index contributed by atoms with van der Waals surface area (Å²) >= 11 is 0.